The van der Waals surface area contributed by atoms with E-state index in [0.717, 1.165) is 17.4 Å². The molecule has 2 aromatic carbocycles. The fourth-order valence-electron chi connectivity index (χ4n) is 3.75. The van der Waals surface area contributed by atoms with Gasteiger partial charge in [-0.1, -0.05) is 41.4 Å². The average Bonchev–Trinajstić information content (AvgIpc) is 2.98. The maximum atomic E-state index is 12.6. The molecule has 2 aromatic rings. The molecule has 180 valence electrons. The predicted octanol–water partition coefficient (Wildman–Crippen LogP) is 3.93. The van der Waals surface area contributed by atoms with Crippen LogP contribution in [0.4, 0.5) is 4.79 Å². The van der Waals surface area contributed by atoms with Crippen molar-refractivity contribution in [2.24, 2.45) is 0 Å². The molecule has 33 heavy (non-hydrogen) atoms. The molecule has 1 amide bonds. The number of sulfonamides is 1. The van der Waals surface area contributed by atoms with E-state index in [4.69, 9.17) is 32.7 Å². The number of hydrogen-bond donors (Lipinski definition) is 1. The van der Waals surface area contributed by atoms with Gasteiger partial charge in [0.15, 0.2) is 0 Å². The summed E-state index contributed by atoms with van der Waals surface area (Å²) in [6.07, 6.45) is -0.521. The Balaban J connectivity index is 1.91. The molecule has 1 aliphatic rings. The fourth-order valence-corrected chi connectivity index (χ4v) is 4.85. The third-order valence-electron chi connectivity index (χ3n) is 5.57. The molecule has 2 unspecified atom stereocenters. The maximum absolute atomic E-state index is 12.6. The molecule has 1 N–H and O–H groups in total. The molecule has 0 aromatic heterocycles. The van der Waals surface area contributed by atoms with Crippen LogP contribution >= 0.6 is 23.2 Å². The molecule has 8 nitrogen and oxygen atoms in total. The second-order valence-electron chi connectivity index (χ2n) is 7.82. The van der Waals surface area contributed by atoms with Crippen molar-refractivity contribution in [3.63, 3.8) is 0 Å². The summed E-state index contributed by atoms with van der Waals surface area (Å²) in [5, 5.41) is 10.3. The quantitative estimate of drug-likeness (QED) is 0.598. The minimum Gasteiger partial charge on any atom is -0.497 e. The monoisotopic (exact) mass is 516 g/mol. The standard InChI is InChI=1S/C22H26Cl2N2O6S/c1-31-17-6-3-15(4-7-17)12-26(33(2,29)30)14-21-18(13-25(22(27)28)9-10-32-21)16-5-8-19(23)20(24)11-16/h3-8,11,18,21H,9-10,12-14H2,1-2H3,(H,27,28). The number of carbonyl (C=O) groups is 1. The van der Waals surface area contributed by atoms with E-state index in [1.807, 2.05) is 0 Å². The van der Waals surface area contributed by atoms with Gasteiger partial charge in [0.2, 0.25) is 10.0 Å². The summed E-state index contributed by atoms with van der Waals surface area (Å²) in [4.78, 5) is 13.0. The van der Waals surface area contributed by atoms with Crippen molar-refractivity contribution in [1.29, 1.82) is 0 Å². The molecule has 0 aliphatic carbocycles. The van der Waals surface area contributed by atoms with Crippen molar-refractivity contribution >= 4 is 39.3 Å². The highest BCUT2D eigenvalue weighted by Crippen LogP contribution is 2.32. The van der Waals surface area contributed by atoms with E-state index in [9.17, 15) is 18.3 Å². The zero-order valence-corrected chi connectivity index (χ0v) is 20.6. The smallest absolute Gasteiger partial charge is 0.407 e. The van der Waals surface area contributed by atoms with Gasteiger partial charge in [0.05, 0.1) is 36.1 Å². The Morgan fingerprint density at radius 3 is 2.48 bits per heavy atom. The Bertz CT molecular complexity index is 1080. The minimum atomic E-state index is -3.60. The zero-order valence-electron chi connectivity index (χ0n) is 18.3. The molecule has 1 aliphatic heterocycles. The molecular weight excluding hydrogens is 491 g/mol. The lowest BCUT2D eigenvalue weighted by Crippen LogP contribution is -2.41. The van der Waals surface area contributed by atoms with E-state index in [0.29, 0.717) is 15.8 Å². The Labute approximate surface area is 203 Å². The van der Waals surface area contributed by atoms with Crippen molar-refractivity contribution in [1.82, 2.24) is 9.21 Å². The van der Waals surface area contributed by atoms with Crippen molar-refractivity contribution in [2.75, 3.05) is 39.6 Å². The molecule has 3 rings (SSSR count). The lowest BCUT2D eigenvalue weighted by molar-refractivity contribution is 0.0375. The van der Waals surface area contributed by atoms with Gasteiger partial charge in [0.25, 0.3) is 0 Å². The Morgan fingerprint density at radius 2 is 1.91 bits per heavy atom. The molecular formula is C22H26Cl2N2O6S. The van der Waals surface area contributed by atoms with Gasteiger partial charge in [0.1, 0.15) is 5.75 Å². The molecule has 1 fully saturated rings. The van der Waals surface area contributed by atoms with Crippen LogP contribution in [-0.4, -0.2) is 74.5 Å². The normalized spacial score (nSPS) is 19.4. The van der Waals surface area contributed by atoms with Crippen LogP contribution in [0.3, 0.4) is 0 Å². The summed E-state index contributed by atoms with van der Waals surface area (Å²) >= 11 is 12.3. The van der Waals surface area contributed by atoms with Gasteiger partial charge in [-0.3, -0.25) is 0 Å². The number of halogens is 2. The highest BCUT2D eigenvalue weighted by atomic mass is 35.5. The lowest BCUT2D eigenvalue weighted by Gasteiger charge is -2.31. The van der Waals surface area contributed by atoms with E-state index in [1.54, 1.807) is 49.6 Å². The third-order valence-corrected chi connectivity index (χ3v) is 7.53. The number of rotatable bonds is 7. The third kappa shape index (κ3) is 6.74. The van der Waals surface area contributed by atoms with Crippen molar-refractivity contribution < 1.29 is 27.8 Å². The first-order chi connectivity index (χ1) is 15.6. The lowest BCUT2D eigenvalue weighted by atomic mass is 9.92. The van der Waals surface area contributed by atoms with Crippen LogP contribution in [-0.2, 0) is 21.3 Å². The Morgan fingerprint density at radius 1 is 1.21 bits per heavy atom. The fraction of sp³-hybridized carbons (Fsp3) is 0.409. The molecule has 1 heterocycles. The van der Waals surface area contributed by atoms with Gasteiger partial charge >= 0.3 is 6.09 Å². The Kier molecular flexibility index (Phi) is 8.47. The van der Waals surface area contributed by atoms with Crippen LogP contribution in [0.1, 0.15) is 17.0 Å². The molecule has 11 heteroatoms. The second kappa shape index (κ2) is 10.9. The molecule has 0 bridgehead atoms. The van der Waals surface area contributed by atoms with Gasteiger partial charge in [-0.15, -0.1) is 0 Å². The first-order valence-corrected chi connectivity index (χ1v) is 12.8. The van der Waals surface area contributed by atoms with E-state index >= 15 is 0 Å². The first-order valence-electron chi connectivity index (χ1n) is 10.2. The number of methoxy groups -OCH3 is 1. The minimum absolute atomic E-state index is 0.0449. The molecule has 0 radical (unpaired) electrons. The summed E-state index contributed by atoms with van der Waals surface area (Å²) in [5.74, 6) is 0.226. The SMILES string of the molecule is COc1ccc(CN(CC2OCCN(C(=O)O)CC2c2ccc(Cl)c(Cl)c2)S(C)(=O)=O)cc1. The van der Waals surface area contributed by atoms with Crippen LogP contribution in [0.5, 0.6) is 5.75 Å². The van der Waals surface area contributed by atoms with E-state index in [-0.39, 0.29) is 32.8 Å². The highest BCUT2D eigenvalue weighted by molar-refractivity contribution is 7.88. The van der Waals surface area contributed by atoms with Crippen molar-refractivity contribution in [3.05, 3.63) is 63.6 Å². The summed E-state index contributed by atoms with van der Waals surface area (Å²) in [6.45, 7) is 0.649. The summed E-state index contributed by atoms with van der Waals surface area (Å²) in [5.41, 5.74) is 1.51. The van der Waals surface area contributed by atoms with E-state index < -0.39 is 28.1 Å². The van der Waals surface area contributed by atoms with Gasteiger partial charge < -0.3 is 19.5 Å². The largest absolute Gasteiger partial charge is 0.497 e. The number of benzene rings is 2. The van der Waals surface area contributed by atoms with E-state index in [2.05, 4.69) is 0 Å². The van der Waals surface area contributed by atoms with Crippen LogP contribution in [0.2, 0.25) is 10.0 Å². The van der Waals surface area contributed by atoms with Crippen molar-refractivity contribution in [2.45, 2.75) is 18.6 Å². The highest BCUT2D eigenvalue weighted by Gasteiger charge is 2.34. The Hall–Kier alpha value is -2.04. The number of carboxylic acid groups (broad SMARTS) is 1. The number of hydrogen-bond acceptors (Lipinski definition) is 5. The van der Waals surface area contributed by atoms with Crippen molar-refractivity contribution in [3.8, 4) is 5.75 Å². The number of amides is 1. The van der Waals surface area contributed by atoms with Crippen LogP contribution < -0.4 is 4.74 Å². The maximum Gasteiger partial charge on any atom is 0.407 e. The summed E-state index contributed by atoms with van der Waals surface area (Å²) in [6, 6.07) is 12.2. The molecule has 0 saturated carbocycles. The van der Waals surface area contributed by atoms with Crippen LogP contribution in [0.25, 0.3) is 0 Å². The van der Waals surface area contributed by atoms with Gasteiger partial charge in [-0.25, -0.2) is 13.2 Å². The average molecular weight is 517 g/mol. The summed E-state index contributed by atoms with van der Waals surface area (Å²) in [7, 11) is -2.04. The summed E-state index contributed by atoms with van der Waals surface area (Å²) < 4.78 is 37.8. The van der Waals surface area contributed by atoms with Gasteiger partial charge in [-0.2, -0.15) is 4.31 Å². The van der Waals surface area contributed by atoms with Gasteiger partial charge in [0, 0.05) is 32.1 Å². The van der Waals surface area contributed by atoms with Crippen LogP contribution in [0, 0.1) is 0 Å². The van der Waals surface area contributed by atoms with Crippen LogP contribution in [0.15, 0.2) is 42.5 Å². The number of nitrogens with zero attached hydrogens (tertiary/aromatic N) is 2. The topological polar surface area (TPSA) is 96.4 Å². The molecule has 0 spiro atoms. The van der Waals surface area contributed by atoms with E-state index in [1.165, 1.54) is 9.21 Å². The van der Waals surface area contributed by atoms with Gasteiger partial charge in [-0.05, 0) is 35.4 Å². The molecule has 2 atom stereocenters. The predicted molar refractivity (Wildman–Crippen MR) is 127 cm³/mol. The second-order valence-corrected chi connectivity index (χ2v) is 10.6. The zero-order chi connectivity index (χ0) is 24.2. The number of ether oxygens (including phenoxy) is 2. The molecule has 1 saturated heterocycles. The first kappa shape index (κ1) is 25.6.